The van der Waals surface area contributed by atoms with Gasteiger partial charge < -0.3 is 15.0 Å². The minimum Gasteiger partial charge on any atom is -0.385 e. The molecule has 3 rings (SSSR count). The molecule has 2 aliphatic heterocycles. The zero-order chi connectivity index (χ0) is 25.0. The van der Waals surface area contributed by atoms with E-state index < -0.39 is 6.04 Å². The second-order valence-electron chi connectivity index (χ2n) is 9.14. The SMILES string of the molecule is C=[O+]c1ccc(CCC(=O)N(CCCOC)C(C(=O)NCC2CC=NCC2)C2CSC(C)N2)cc1. The number of carbonyl (C=O) groups is 2. The first-order valence-corrected chi connectivity index (χ1v) is 13.5. The van der Waals surface area contributed by atoms with Gasteiger partial charge in [-0.15, -0.1) is 11.8 Å². The van der Waals surface area contributed by atoms with Crippen LogP contribution in [-0.4, -0.2) is 86.3 Å². The summed E-state index contributed by atoms with van der Waals surface area (Å²) >= 11 is 1.78. The standard InChI is InChI=1S/C26H38N4O4S/c1-19-29-23(18-35-19)25(26(32)28-17-21-11-13-27-14-12-21)30(15-4-16-33-2)24(31)10-7-20-5-8-22(34-3)9-6-20/h5-6,8-9,13,19,21,23,25,29H,3-4,7,10-12,14-18H2,1-2H3/p+1. The van der Waals surface area contributed by atoms with Crippen molar-refractivity contribution in [2.75, 3.05) is 39.1 Å². The Morgan fingerprint density at radius 3 is 2.80 bits per heavy atom. The van der Waals surface area contributed by atoms with E-state index in [9.17, 15) is 9.59 Å². The summed E-state index contributed by atoms with van der Waals surface area (Å²) in [5, 5.41) is 6.93. The van der Waals surface area contributed by atoms with Gasteiger partial charge >= 0.3 is 5.75 Å². The fourth-order valence-corrected chi connectivity index (χ4v) is 5.59. The molecule has 1 aromatic rings. The first-order valence-electron chi connectivity index (χ1n) is 12.4. The van der Waals surface area contributed by atoms with Crippen molar-refractivity contribution in [3.63, 3.8) is 0 Å². The lowest BCUT2D eigenvalue weighted by atomic mass is 9.99. The summed E-state index contributed by atoms with van der Waals surface area (Å²) in [6, 6.07) is 6.92. The minimum atomic E-state index is -0.559. The van der Waals surface area contributed by atoms with Gasteiger partial charge in [0.2, 0.25) is 11.8 Å². The number of carbonyl (C=O) groups excluding carboxylic acids is 3. The Bertz CT molecular complexity index is 863. The Hall–Kier alpha value is -2.23. The molecule has 0 aromatic heterocycles. The molecule has 4 atom stereocenters. The normalized spacial score (nSPS) is 22.5. The number of amides is 2. The van der Waals surface area contributed by atoms with E-state index in [1.165, 1.54) is 0 Å². The second kappa shape index (κ2) is 14.4. The number of ether oxygens (including phenoxy) is 1. The molecule has 1 saturated heterocycles. The van der Waals surface area contributed by atoms with Gasteiger partial charge in [-0.2, -0.15) is 0 Å². The third-order valence-corrected chi connectivity index (χ3v) is 7.73. The van der Waals surface area contributed by atoms with E-state index >= 15 is 0 Å². The predicted octanol–water partition coefficient (Wildman–Crippen LogP) is 2.58. The van der Waals surface area contributed by atoms with Gasteiger partial charge in [-0.3, -0.25) is 19.9 Å². The zero-order valence-corrected chi connectivity index (χ0v) is 21.7. The maximum atomic E-state index is 13.6. The highest BCUT2D eigenvalue weighted by Gasteiger charge is 2.39. The fourth-order valence-electron chi connectivity index (χ4n) is 4.54. The number of rotatable bonds is 13. The summed E-state index contributed by atoms with van der Waals surface area (Å²) in [5.74, 6) is 1.76. The average Bonchev–Trinajstić information content (AvgIpc) is 3.31. The van der Waals surface area contributed by atoms with Crippen molar-refractivity contribution in [1.29, 1.82) is 0 Å². The van der Waals surface area contributed by atoms with Crippen LogP contribution in [0.4, 0.5) is 0 Å². The maximum Gasteiger partial charge on any atom is 0.351 e. The molecule has 192 valence electrons. The van der Waals surface area contributed by atoms with E-state index in [-0.39, 0.29) is 23.2 Å². The molecular weight excluding hydrogens is 464 g/mol. The largest absolute Gasteiger partial charge is 0.385 e. The van der Waals surface area contributed by atoms with Gasteiger partial charge in [0.05, 0.1) is 5.37 Å². The average molecular weight is 504 g/mol. The van der Waals surface area contributed by atoms with E-state index in [1.807, 2.05) is 30.5 Å². The first kappa shape index (κ1) is 27.4. The molecule has 0 saturated carbocycles. The quantitative estimate of drug-likeness (QED) is 0.319. The van der Waals surface area contributed by atoms with Gasteiger partial charge in [0.1, 0.15) is 6.04 Å². The van der Waals surface area contributed by atoms with Crippen molar-refractivity contribution in [2.45, 2.75) is 56.5 Å². The molecule has 8 nitrogen and oxygen atoms in total. The van der Waals surface area contributed by atoms with Gasteiger partial charge in [-0.05, 0) is 62.4 Å². The van der Waals surface area contributed by atoms with Crippen LogP contribution in [0.1, 0.15) is 38.2 Å². The van der Waals surface area contributed by atoms with Crippen LogP contribution in [0.2, 0.25) is 0 Å². The molecule has 2 aliphatic rings. The molecule has 1 aromatic carbocycles. The van der Waals surface area contributed by atoms with Crippen molar-refractivity contribution >= 4 is 36.6 Å². The highest BCUT2D eigenvalue weighted by molar-refractivity contribution is 8.00. The van der Waals surface area contributed by atoms with E-state index in [0.717, 1.165) is 30.7 Å². The van der Waals surface area contributed by atoms with Crippen LogP contribution in [0.15, 0.2) is 29.3 Å². The topological polar surface area (TPSA) is 94.3 Å². The molecule has 0 radical (unpaired) electrons. The molecule has 2 amide bonds. The molecule has 4 unspecified atom stereocenters. The Morgan fingerprint density at radius 2 is 2.17 bits per heavy atom. The van der Waals surface area contributed by atoms with Crippen LogP contribution in [0, 0.1) is 5.92 Å². The number of hydrogen-bond acceptors (Lipinski definition) is 6. The first-order chi connectivity index (χ1) is 17.0. The molecule has 0 aliphatic carbocycles. The molecule has 9 heteroatoms. The third-order valence-electron chi connectivity index (χ3n) is 6.54. The number of aryl methyl sites for hydroxylation is 1. The molecule has 1 fully saturated rings. The smallest absolute Gasteiger partial charge is 0.351 e. The lowest BCUT2D eigenvalue weighted by Crippen LogP contribution is -2.59. The maximum absolute atomic E-state index is 13.6. The van der Waals surface area contributed by atoms with E-state index in [4.69, 9.17) is 9.16 Å². The molecule has 0 bridgehead atoms. The summed E-state index contributed by atoms with van der Waals surface area (Å²) in [6.07, 6.45) is 5.41. The van der Waals surface area contributed by atoms with Crippen molar-refractivity contribution in [1.82, 2.24) is 15.5 Å². The van der Waals surface area contributed by atoms with Crippen molar-refractivity contribution in [2.24, 2.45) is 10.9 Å². The van der Waals surface area contributed by atoms with Crippen LogP contribution >= 0.6 is 11.8 Å². The van der Waals surface area contributed by atoms with Crippen LogP contribution in [-0.2, 0) is 25.2 Å². The lowest BCUT2D eigenvalue weighted by Gasteiger charge is -2.35. The van der Waals surface area contributed by atoms with Crippen LogP contribution in [0.3, 0.4) is 0 Å². The van der Waals surface area contributed by atoms with Crippen molar-refractivity contribution < 1.29 is 18.8 Å². The number of nitrogens with one attached hydrogen (secondary N) is 2. The number of methoxy groups -OCH3 is 1. The molecule has 2 N–H and O–H groups in total. The number of aliphatic imine (C=N–C) groups is 1. The molecular formula is C26H39N4O4S+. The monoisotopic (exact) mass is 503 g/mol. The van der Waals surface area contributed by atoms with Crippen LogP contribution in [0.5, 0.6) is 5.75 Å². The number of nitrogens with zero attached hydrogens (tertiary/aromatic N) is 2. The molecule has 0 spiro atoms. The second-order valence-corrected chi connectivity index (χ2v) is 10.5. The van der Waals surface area contributed by atoms with Crippen LogP contribution in [0.25, 0.3) is 0 Å². The van der Waals surface area contributed by atoms with Gasteiger partial charge in [0.25, 0.3) is 6.79 Å². The Balaban J connectivity index is 1.72. The van der Waals surface area contributed by atoms with E-state index in [0.29, 0.717) is 50.6 Å². The summed E-state index contributed by atoms with van der Waals surface area (Å²) in [5.41, 5.74) is 1.04. The van der Waals surface area contributed by atoms with E-state index in [2.05, 4.69) is 29.3 Å². The van der Waals surface area contributed by atoms with Crippen LogP contribution < -0.4 is 10.6 Å². The Kier molecular flexibility index (Phi) is 11.2. The van der Waals surface area contributed by atoms with Gasteiger partial charge in [-0.1, -0.05) is 0 Å². The zero-order valence-electron chi connectivity index (χ0n) is 20.9. The molecule has 35 heavy (non-hydrogen) atoms. The highest BCUT2D eigenvalue weighted by atomic mass is 32.2. The lowest BCUT2D eigenvalue weighted by molar-refractivity contribution is -0.354. The third kappa shape index (κ3) is 8.44. The fraction of sp³-hybridized carbons (Fsp3) is 0.615. The Labute approximate surface area is 213 Å². The summed E-state index contributed by atoms with van der Waals surface area (Å²) < 4.78 is 10.2. The number of hydrogen-bond donors (Lipinski definition) is 2. The number of benzene rings is 1. The van der Waals surface area contributed by atoms with Gasteiger partial charge in [-0.25, -0.2) is 4.42 Å². The van der Waals surface area contributed by atoms with Crippen molar-refractivity contribution in [3.8, 4) is 5.75 Å². The van der Waals surface area contributed by atoms with Gasteiger partial charge in [0, 0.05) is 63.7 Å². The van der Waals surface area contributed by atoms with Crippen molar-refractivity contribution in [3.05, 3.63) is 29.8 Å². The summed E-state index contributed by atoms with van der Waals surface area (Å²) in [4.78, 5) is 33.2. The minimum absolute atomic E-state index is 0.0186. The highest BCUT2D eigenvalue weighted by Crippen LogP contribution is 2.24. The summed E-state index contributed by atoms with van der Waals surface area (Å²) in [6.45, 7) is 7.95. The predicted molar refractivity (Wildman–Crippen MR) is 141 cm³/mol. The number of thioether (sulfide) groups is 1. The van der Waals surface area contributed by atoms with Gasteiger partial charge in [0.15, 0.2) is 0 Å². The Morgan fingerprint density at radius 1 is 1.37 bits per heavy atom. The summed E-state index contributed by atoms with van der Waals surface area (Å²) in [7, 11) is 1.65. The molecule has 2 heterocycles. The van der Waals surface area contributed by atoms with E-state index in [1.54, 1.807) is 23.8 Å².